The Labute approximate surface area is 127 Å². The molecule has 0 N–H and O–H groups in total. The zero-order chi connectivity index (χ0) is 15.0. The van der Waals surface area contributed by atoms with E-state index in [0.29, 0.717) is 10.5 Å². The van der Waals surface area contributed by atoms with Crippen LogP contribution in [0.2, 0.25) is 0 Å². The quantitative estimate of drug-likeness (QED) is 0.679. The highest BCUT2D eigenvalue weighted by atomic mass is 32.2. The van der Waals surface area contributed by atoms with Gasteiger partial charge in [0, 0.05) is 21.6 Å². The maximum Gasteiger partial charge on any atom is 0.175 e. The lowest BCUT2D eigenvalue weighted by atomic mass is 10.1. The lowest BCUT2D eigenvalue weighted by Crippen LogP contribution is -1.97. The number of benzene rings is 2. The molecule has 2 aromatic carbocycles. The number of rotatable bonds is 2. The summed E-state index contributed by atoms with van der Waals surface area (Å²) in [5.74, 6) is 0. The predicted molar refractivity (Wildman–Crippen MR) is 84.4 cm³/mol. The molecule has 0 fully saturated rings. The Morgan fingerprint density at radius 1 is 0.952 bits per heavy atom. The topological polar surface area (TPSA) is 51.2 Å². The van der Waals surface area contributed by atoms with Gasteiger partial charge in [-0.05, 0) is 35.4 Å². The molecule has 0 unspecified atom stereocenters. The Bertz CT molecular complexity index is 865. The normalized spacial score (nSPS) is 13.2. The van der Waals surface area contributed by atoms with Crippen LogP contribution in [-0.4, -0.2) is 21.0 Å². The van der Waals surface area contributed by atoms with Gasteiger partial charge >= 0.3 is 0 Å². The van der Waals surface area contributed by atoms with Crippen molar-refractivity contribution in [2.75, 3.05) is 6.26 Å². The Morgan fingerprint density at radius 3 is 2.43 bits per heavy atom. The van der Waals surface area contributed by atoms with Gasteiger partial charge in [0.1, 0.15) is 6.29 Å². The summed E-state index contributed by atoms with van der Waals surface area (Å²) in [6.45, 7) is 0. The summed E-state index contributed by atoms with van der Waals surface area (Å²) in [7, 11) is -3.22. The monoisotopic (exact) mass is 316 g/mol. The van der Waals surface area contributed by atoms with E-state index in [1.165, 1.54) is 18.0 Å². The molecule has 0 saturated heterocycles. The van der Waals surface area contributed by atoms with Crippen molar-refractivity contribution >= 4 is 40.0 Å². The zero-order valence-electron chi connectivity index (χ0n) is 11.2. The number of carbonyl (C=O) groups excluding carboxylic acids is 1. The molecule has 0 spiro atoms. The molecule has 1 aliphatic rings. The van der Waals surface area contributed by atoms with Gasteiger partial charge in [0.2, 0.25) is 0 Å². The highest BCUT2D eigenvalue weighted by Crippen LogP contribution is 2.38. The number of sulfone groups is 1. The lowest BCUT2D eigenvalue weighted by molar-refractivity contribution is 0.112. The van der Waals surface area contributed by atoms with Crippen molar-refractivity contribution in [3.05, 3.63) is 53.1 Å². The third-order valence-corrected chi connectivity index (χ3v) is 5.52. The molecular weight excluding hydrogens is 304 g/mol. The van der Waals surface area contributed by atoms with E-state index in [2.05, 4.69) is 0 Å². The average molecular weight is 316 g/mol. The molecular formula is C16H12O3S2. The molecule has 3 nitrogen and oxygen atoms in total. The van der Waals surface area contributed by atoms with Crippen molar-refractivity contribution in [2.24, 2.45) is 0 Å². The Kier molecular flexibility index (Phi) is 3.47. The molecule has 106 valence electrons. The summed E-state index contributed by atoms with van der Waals surface area (Å²) in [6.07, 6.45) is 5.87. The van der Waals surface area contributed by atoms with Crippen LogP contribution in [0.5, 0.6) is 0 Å². The third kappa shape index (κ3) is 2.80. The molecule has 0 aliphatic carbocycles. The fraction of sp³-hybridized carbons (Fsp3) is 0.0625. The van der Waals surface area contributed by atoms with Gasteiger partial charge in [0.15, 0.2) is 9.84 Å². The molecule has 2 aromatic rings. The van der Waals surface area contributed by atoms with Crippen LogP contribution in [0, 0.1) is 0 Å². The second-order valence-corrected chi connectivity index (χ2v) is 7.92. The van der Waals surface area contributed by atoms with Gasteiger partial charge in [-0.1, -0.05) is 36.0 Å². The van der Waals surface area contributed by atoms with Crippen LogP contribution >= 0.6 is 11.8 Å². The smallest absolute Gasteiger partial charge is 0.175 e. The fourth-order valence-corrected chi connectivity index (χ4v) is 3.85. The van der Waals surface area contributed by atoms with Gasteiger partial charge in [-0.2, -0.15) is 0 Å². The first-order valence-electron chi connectivity index (χ1n) is 6.27. The van der Waals surface area contributed by atoms with Crippen molar-refractivity contribution < 1.29 is 13.2 Å². The summed E-state index contributed by atoms with van der Waals surface area (Å²) < 4.78 is 23.3. The first-order chi connectivity index (χ1) is 9.97. The predicted octanol–water partition coefficient (Wildman–Crippen LogP) is 3.54. The minimum Gasteiger partial charge on any atom is -0.298 e. The number of aldehydes is 1. The van der Waals surface area contributed by atoms with Crippen LogP contribution in [0.15, 0.2) is 51.1 Å². The molecule has 0 amide bonds. The van der Waals surface area contributed by atoms with Crippen molar-refractivity contribution in [1.29, 1.82) is 0 Å². The Balaban J connectivity index is 2.12. The number of hydrogen-bond acceptors (Lipinski definition) is 4. The van der Waals surface area contributed by atoms with E-state index in [9.17, 15) is 13.2 Å². The molecule has 0 bridgehead atoms. The molecule has 1 heterocycles. The maximum atomic E-state index is 11.6. The standard InChI is InChI=1S/C16H12O3S2/c1-21(18,19)14-6-7-15-13(9-14)5-4-12-3-2-11(10-17)8-16(12)20-15/h2-10H,1H3. The Hall–Kier alpha value is -1.85. The van der Waals surface area contributed by atoms with E-state index in [0.717, 1.165) is 27.2 Å². The van der Waals surface area contributed by atoms with Gasteiger partial charge in [0.25, 0.3) is 0 Å². The van der Waals surface area contributed by atoms with Gasteiger partial charge in [-0.15, -0.1) is 0 Å². The van der Waals surface area contributed by atoms with E-state index in [-0.39, 0.29) is 0 Å². The summed E-state index contributed by atoms with van der Waals surface area (Å²) in [5.41, 5.74) is 2.51. The third-order valence-electron chi connectivity index (χ3n) is 3.25. The summed E-state index contributed by atoms with van der Waals surface area (Å²) in [4.78, 5) is 13.2. The summed E-state index contributed by atoms with van der Waals surface area (Å²) in [6, 6.07) is 10.6. The van der Waals surface area contributed by atoms with E-state index in [1.807, 2.05) is 30.4 Å². The average Bonchev–Trinajstić information content (AvgIpc) is 2.63. The lowest BCUT2D eigenvalue weighted by Gasteiger charge is -2.07. The highest BCUT2D eigenvalue weighted by molar-refractivity contribution is 7.99. The molecule has 0 saturated carbocycles. The largest absolute Gasteiger partial charge is 0.298 e. The Morgan fingerprint density at radius 2 is 1.71 bits per heavy atom. The molecule has 0 radical (unpaired) electrons. The van der Waals surface area contributed by atoms with Crippen LogP contribution in [0.1, 0.15) is 21.5 Å². The van der Waals surface area contributed by atoms with Crippen LogP contribution in [0.25, 0.3) is 12.2 Å². The minimum absolute atomic E-state index is 0.311. The van der Waals surface area contributed by atoms with Crippen molar-refractivity contribution in [2.45, 2.75) is 14.7 Å². The van der Waals surface area contributed by atoms with Gasteiger partial charge in [-0.3, -0.25) is 4.79 Å². The van der Waals surface area contributed by atoms with E-state index in [1.54, 1.807) is 18.2 Å². The highest BCUT2D eigenvalue weighted by Gasteiger charge is 2.14. The van der Waals surface area contributed by atoms with E-state index >= 15 is 0 Å². The molecule has 0 atom stereocenters. The van der Waals surface area contributed by atoms with Crippen LogP contribution in [0.4, 0.5) is 0 Å². The molecule has 0 aromatic heterocycles. The van der Waals surface area contributed by atoms with Crippen molar-refractivity contribution in [3.8, 4) is 0 Å². The number of carbonyl (C=O) groups is 1. The van der Waals surface area contributed by atoms with Gasteiger partial charge < -0.3 is 0 Å². The molecule has 1 aliphatic heterocycles. The SMILES string of the molecule is CS(=O)(=O)c1ccc2c(c1)C=Cc1ccc(C=O)cc1S2. The van der Waals surface area contributed by atoms with Crippen molar-refractivity contribution in [3.63, 3.8) is 0 Å². The van der Waals surface area contributed by atoms with E-state index in [4.69, 9.17) is 0 Å². The molecule has 21 heavy (non-hydrogen) atoms. The minimum atomic E-state index is -3.22. The maximum absolute atomic E-state index is 11.6. The van der Waals surface area contributed by atoms with Crippen molar-refractivity contribution in [1.82, 2.24) is 0 Å². The number of hydrogen-bond donors (Lipinski definition) is 0. The van der Waals surface area contributed by atoms with Crippen LogP contribution < -0.4 is 0 Å². The molecule has 5 heteroatoms. The fourth-order valence-electron chi connectivity index (χ4n) is 2.13. The van der Waals surface area contributed by atoms with E-state index < -0.39 is 9.84 Å². The second-order valence-electron chi connectivity index (χ2n) is 4.82. The first kappa shape index (κ1) is 14.1. The van der Waals surface area contributed by atoms with Crippen LogP contribution in [0.3, 0.4) is 0 Å². The zero-order valence-corrected chi connectivity index (χ0v) is 12.9. The van der Waals surface area contributed by atoms with Gasteiger partial charge in [0.05, 0.1) is 4.90 Å². The van der Waals surface area contributed by atoms with Gasteiger partial charge in [-0.25, -0.2) is 8.42 Å². The summed E-state index contributed by atoms with van der Waals surface area (Å²) >= 11 is 1.54. The number of fused-ring (bicyclic) bond motifs is 2. The first-order valence-corrected chi connectivity index (χ1v) is 8.97. The van der Waals surface area contributed by atoms with Crippen LogP contribution in [-0.2, 0) is 9.84 Å². The summed E-state index contributed by atoms with van der Waals surface area (Å²) in [5, 5.41) is 0. The molecule has 3 rings (SSSR count). The second kappa shape index (κ2) is 5.16.